The Kier molecular flexibility index (Phi) is 5.81. The van der Waals surface area contributed by atoms with Gasteiger partial charge in [-0.05, 0) is 59.4 Å². The molecule has 0 fully saturated rings. The molecule has 0 aromatic heterocycles. The molecule has 0 nitrogen and oxygen atoms in total. The Balaban J connectivity index is 2.58. The third-order valence-electron chi connectivity index (χ3n) is 2.73. The molecule has 0 aliphatic carbocycles. The predicted molar refractivity (Wildman–Crippen MR) is 80.8 cm³/mol. The van der Waals surface area contributed by atoms with Gasteiger partial charge in [-0.25, -0.2) is 0 Å². The van der Waals surface area contributed by atoms with Crippen LogP contribution < -0.4 is 0 Å². The van der Waals surface area contributed by atoms with E-state index in [-0.39, 0.29) is 0 Å². The highest BCUT2D eigenvalue weighted by molar-refractivity contribution is 14.1. The van der Waals surface area contributed by atoms with Crippen LogP contribution in [0.4, 0.5) is 0 Å². The standard InChI is InChI=1S/C15H19I/c1-4-5-8-12(2)11-13(3)14-9-6-7-10-15(14)16/h4,6-7,9-10,13H,1-2,5,8,11H2,3H3. The van der Waals surface area contributed by atoms with Crippen LogP contribution in [-0.4, -0.2) is 0 Å². The van der Waals surface area contributed by atoms with Crippen LogP contribution in [0.15, 0.2) is 49.1 Å². The van der Waals surface area contributed by atoms with Gasteiger partial charge in [0.25, 0.3) is 0 Å². The van der Waals surface area contributed by atoms with Gasteiger partial charge in [-0.1, -0.05) is 43.4 Å². The first-order chi connectivity index (χ1) is 7.65. The normalized spacial score (nSPS) is 12.1. The lowest BCUT2D eigenvalue weighted by atomic mass is 9.92. The van der Waals surface area contributed by atoms with E-state index in [1.54, 1.807) is 0 Å². The van der Waals surface area contributed by atoms with Gasteiger partial charge in [-0.2, -0.15) is 0 Å². The molecule has 86 valence electrons. The second-order valence-corrected chi connectivity index (χ2v) is 5.37. The molecule has 16 heavy (non-hydrogen) atoms. The van der Waals surface area contributed by atoms with Crippen molar-refractivity contribution in [3.63, 3.8) is 0 Å². The first kappa shape index (κ1) is 13.5. The maximum atomic E-state index is 4.14. The number of hydrogen-bond acceptors (Lipinski definition) is 0. The maximum Gasteiger partial charge on any atom is 0.0165 e. The first-order valence-electron chi connectivity index (χ1n) is 5.67. The molecular weight excluding hydrogens is 307 g/mol. The summed E-state index contributed by atoms with van der Waals surface area (Å²) in [5, 5.41) is 0. The van der Waals surface area contributed by atoms with Crippen molar-refractivity contribution in [2.45, 2.75) is 32.1 Å². The lowest BCUT2D eigenvalue weighted by Gasteiger charge is -2.15. The average Bonchev–Trinajstić information content (AvgIpc) is 2.26. The lowest BCUT2D eigenvalue weighted by molar-refractivity contribution is 0.720. The van der Waals surface area contributed by atoms with Crippen molar-refractivity contribution >= 4 is 22.6 Å². The van der Waals surface area contributed by atoms with Gasteiger partial charge in [-0.15, -0.1) is 6.58 Å². The molecule has 0 saturated carbocycles. The molecule has 0 heterocycles. The molecule has 0 amide bonds. The van der Waals surface area contributed by atoms with Crippen molar-refractivity contribution in [3.05, 3.63) is 58.2 Å². The van der Waals surface area contributed by atoms with E-state index in [0.29, 0.717) is 5.92 Å². The summed E-state index contributed by atoms with van der Waals surface area (Å²) in [4.78, 5) is 0. The van der Waals surface area contributed by atoms with Crippen LogP contribution in [-0.2, 0) is 0 Å². The fourth-order valence-electron chi connectivity index (χ4n) is 1.83. The van der Waals surface area contributed by atoms with Crippen LogP contribution in [0, 0.1) is 3.57 Å². The first-order valence-corrected chi connectivity index (χ1v) is 6.75. The van der Waals surface area contributed by atoms with Crippen molar-refractivity contribution in [3.8, 4) is 0 Å². The van der Waals surface area contributed by atoms with Gasteiger partial charge in [-0.3, -0.25) is 0 Å². The van der Waals surface area contributed by atoms with E-state index >= 15 is 0 Å². The van der Waals surface area contributed by atoms with E-state index in [1.807, 2.05) is 6.08 Å². The molecule has 0 spiro atoms. The molecule has 0 aliphatic rings. The fourth-order valence-corrected chi connectivity index (χ4v) is 2.74. The Morgan fingerprint density at radius 2 is 2.12 bits per heavy atom. The zero-order valence-corrected chi connectivity index (χ0v) is 12.0. The molecule has 0 saturated heterocycles. The highest BCUT2D eigenvalue weighted by Gasteiger charge is 2.09. The summed E-state index contributed by atoms with van der Waals surface area (Å²) in [6, 6.07) is 8.58. The van der Waals surface area contributed by atoms with Crippen molar-refractivity contribution in [2.24, 2.45) is 0 Å². The second-order valence-electron chi connectivity index (χ2n) is 4.20. The monoisotopic (exact) mass is 326 g/mol. The molecule has 1 unspecified atom stereocenters. The summed E-state index contributed by atoms with van der Waals surface area (Å²) in [7, 11) is 0. The zero-order valence-electron chi connectivity index (χ0n) is 9.88. The maximum absolute atomic E-state index is 4.14. The average molecular weight is 326 g/mol. The van der Waals surface area contributed by atoms with E-state index in [2.05, 4.69) is 66.9 Å². The Hall–Kier alpha value is -0.570. The number of rotatable bonds is 6. The summed E-state index contributed by atoms with van der Waals surface area (Å²) in [6.07, 6.45) is 5.14. The van der Waals surface area contributed by atoms with Crippen molar-refractivity contribution in [1.82, 2.24) is 0 Å². The molecule has 1 aromatic rings. The van der Waals surface area contributed by atoms with Gasteiger partial charge in [0.1, 0.15) is 0 Å². The lowest BCUT2D eigenvalue weighted by Crippen LogP contribution is -1.98. The Labute approximate surface area is 113 Å². The summed E-state index contributed by atoms with van der Waals surface area (Å²) in [6.45, 7) is 10.2. The van der Waals surface area contributed by atoms with Crippen molar-refractivity contribution in [1.29, 1.82) is 0 Å². The van der Waals surface area contributed by atoms with Gasteiger partial charge in [0.2, 0.25) is 0 Å². The molecular formula is C15H19I. The van der Waals surface area contributed by atoms with Gasteiger partial charge >= 0.3 is 0 Å². The van der Waals surface area contributed by atoms with E-state index < -0.39 is 0 Å². The zero-order chi connectivity index (χ0) is 12.0. The van der Waals surface area contributed by atoms with E-state index in [0.717, 1.165) is 19.3 Å². The highest BCUT2D eigenvalue weighted by atomic mass is 127. The molecule has 1 aromatic carbocycles. The van der Waals surface area contributed by atoms with E-state index in [4.69, 9.17) is 0 Å². The number of hydrogen-bond donors (Lipinski definition) is 0. The summed E-state index contributed by atoms with van der Waals surface area (Å²) < 4.78 is 1.35. The minimum Gasteiger partial charge on any atom is -0.103 e. The third kappa shape index (κ3) is 4.12. The fraction of sp³-hybridized carbons (Fsp3) is 0.333. The topological polar surface area (TPSA) is 0 Å². The van der Waals surface area contributed by atoms with Crippen LogP contribution in [0.3, 0.4) is 0 Å². The Bertz CT molecular complexity index is 365. The van der Waals surface area contributed by atoms with Crippen LogP contribution >= 0.6 is 22.6 Å². The summed E-state index contributed by atoms with van der Waals surface area (Å²) >= 11 is 2.41. The van der Waals surface area contributed by atoms with Gasteiger partial charge in [0.05, 0.1) is 0 Å². The van der Waals surface area contributed by atoms with Crippen molar-refractivity contribution in [2.75, 3.05) is 0 Å². The molecule has 1 rings (SSSR count). The van der Waals surface area contributed by atoms with Gasteiger partial charge in [0, 0.05) is 3.57 Å². The van der Waals surface area contributed by atoms with Crippen LogP contribution in [0.2, 0.25) is 0 Å². The Morgan fingerprint density at radius 1 is 1.44 bits per heavy atom. The predicted octanol–water partition coefficient (Wildman–Crippen LogP) is 5.31. The Morgan fingerprint density at radius 3 is 2.75 bits per heavy atom. The summed E-state index contributed by atoms with van der Waals surface area (Å²) in [5.41, 5.74) is 2.76. The van der Waals surface area contributed by atoms with Crippen LogP contribution in [0.5, 0.6) is 0 Å². The van der Waals surface area contributed by atoms with Crippen molar-refractivity contribution < 1.29 is 0 Å². The molecule has 1 atom stereocenters. The van der Waals surface area contributed by atoms with Gasteiger partial charge < -0.3 is 0 Å². The molecule has 0 radical (unpaired) electrons. The largest absolute Gasteiger partial charge is 0.103 e. The SMILES string of the molecule is C=CCCC(=C)CC(C)c1ccccc1I. The van der Waals surface area contributed by atoms with E-state index in [1.165, 1.54) is 14.7 Å². The molecule has 0 aliphatic heterocycles. The molecule has 1 heteroatoms. The minimum atomic E-state index is 0.561. The quantitative estimate of drug-likeness (QED) is 0.491. The molecule has 0 bridgehead atoms. The smallest absolute Gasteiger partial charge is 0.0165 e. The second kappa shape index (κ2) is 6.89. The third-order valence-corrected chi connectivity index (χ3v) is 3.72. The van der Waals surface area contributed by atoms with E-state index in [9.17, 15) is 0 Å². The van der Waals surface area contributed by atoms with Crippen LogP contribution in [0.1, 0.15) is 37.7 Å². The van der Waals surface area contributed by atoms with Gasteiger partial charge in [0.15, 0.2) is 0 Å². The number of halogens is 1. The highest BCUT2D eigenvalue weighted by Crippen LogP contribution is 2.27. The van der Waals surface area contributed by atoms with Crippen LogP contribution in [0.25, 0.3) is 0 Å². The molecule has 0 N–H and O–H groups in total. The number of allylic oxidation sites excluding steroid dienone is 2. The minimum absolute atomic E-state index is 0.561. The number of benzene rings is 1. The summed E-state index contributed by atoms with van der Waals surface area (Å²) in [5.74, 6) is 0.561.